The number of hydrogen-bond donors (Lipinski definition) is 1. The number of rotatable bonds is 7. The minimum absolute atomic E-state index is 0.0363. The van der Waals surface area contributed by atoms with Crippen LogP contribution in [0.25, 0.3) is 0 Å². The maximum absolute atomic E-state index is 7.35. The second kappa shape index (κ2) is 11.7. The maximum atomic E-state index is 7.35. The van der Waals surface area contributed by atoms with Gasteiger partial charge in [-0.2, -0.15) is 4.98 Å². The van der Waals surface area contributed by atoms with Crippen molar-refractivity contribution in [1.29, 1.82) is 0 Å². The molecule has 0 radical (unpaired) electrons. The summed E-state index contributed by atoms with van der Waals surface area (Å²) in [5, 5.41) is 3.84. The first-order valence-corrected chi connectivity index (χ1v) is 18.8. The van der Waals surface area contributed by atoms with E-state index in [-0.39, 0.29) is 18.2 Å². The molecule has 2 aliphatic rings. The average molecular weight is 582 g/mol. The minimum Gasteiger partial charge on any atom is -0.472 e. The molecule has 2 fully saturated rings. The van der Waals surface area contributed by atoms with Gasteiger partial charge in [-0.25, -0.2) is 4.98 Å². The number of aromatic nitrogens is 2. The molecule has 3 rings (SSSR count). The second-order valence-corrected chi connectivity index (χ2v) is 23.4. The van der Waals surface area contributed by atoms with Crippen molar-refractivity contribution in [2.45, 2.75) is 155 Å². The third-order valence-corrected chi connectivity index (χ3v) is 17.9. The molecule has 0 bridgehead atoms. The van der Waals surface area contributed by atoms with Crippen LogP contribution < -0.4 is 14.8 Å². The van der Waals surface area contributed by atoms with Crippen molar-refractivity contribution in [3.8, 4) is 11.9 Å². The van der Waals surface area contributed by atoms with Crippen LogP contribution in [0.1, 0.15) is 115 Å². The molecular formula is C29H55N3O5Si2. The zero-order valence-electron chi connectivity index (χ0n) is 27.0. The highest BCUT2D eigenvalue weighted by atomic mass is 28.5. The van der Waals surface area contributed by atoms with Crippen LogP contribution in [0.15, 0.2) is 6.20 Å². The molecule has 0 saturated carbocycles. The summed E-state index contributed by atoms with van der Waals surface area (Å²) in [6, 6.07) is 0.321. The minimum atomic E-state index is -2.67. The first-order valence-electron chi connectivity index (χ1n) is 14.8. The molecule has 224 valence electrons. The molecule has 3 atom stereocenters. The molecule has 2 saturated heterocycles. The second-order valence-electron chi connectivity index (χ2n) is 14.5. The van der Waals surface area contributed by atoms with E-state index < -0.39 is 28.3 Å². The lowest BCUT2D eigenvalue weighted by molar-refractivity contribution is 0.0579. The van der Waals surface area contributed by atoms with Gasteiger partial charge in [0.2, 0.25) is 5.88 Å². The topological polar surface area (TPSA) is 84.0 Å². The van der Waals surface area contributed by atoms with Crippen molar-refractivity contribution in [3.63, 3.8) is 0 Å². The molecule has 1 aromatic rings. The Balaban J connectivity index is 2.02. The fourth-order valence-corrected chi connectivity index (χ4v) is 17.0. The van der Waals surface area contributed by atoms with E-state index in [1.54, 1.807) is 0 Å². The van der Waals surface area contributed by atoms with E-state index in [2.05, 4.69) is 65.7 Å². The summed E-state index contributed by atoms with van der Waals surface area (Å²) in [6.45, 7) is 30.7. The molecule has 0 aromatic carbocycles. The summed E-state index contributed by atoms with van der Waals surface area (Å²) in [4.78, 5) is 9.29. The Morgan fingerprint density at radius 2 is 1.38 bits per heavy atom. The Labute approximate surface area is 239 Å². The Morgan fingerprint density at radius 1 is 0.846 bits per heavy atom. The van der Waals surface area contributed by atoms with Gasteiger partial charge >= 0.3 is 23.1 Å². The Morgan fingerprint density at radius 3 is 1.87 bits per heavy atom. The highest BCUT2D eigenvalue weighted by Gasteiger charge is 2.59. The lowest BCUT2D eigenvalue weighted by Crippen LogP contribution is -2.65. The maximum Gasteiger partial charge on any atom is 0.335 e. The SMILES string of the molecule is CC(C)[Si]1(C(C)C)OC[C@@H]2N[C@H](c3cnc(OC(C)(C)C)nc3OC(C)(C)C)C[C@@H]2O[Si](C(C)C)(C(C)C)O1. The highest BCUT2D eigenvalue weighted by Crippen LogP contribution is 2.48. The van der Waals surface area contributed by atoms with Crippen LogP contribution in [0.2, 0.25) is 22.2 Å². The van der Waals surface area contributed by atoms with Crippen LogP contribution in [-0.4, -0.2) is 57.0 Å². The summed E-state index contributed by atoms with van der Waals surface area (Å²) in [7, 11) is -5.25. The van der Waals surface area contributed by atoms with E-state index in [4.69, 9.17) is 27.4 Å². The number of nitrogens with zero attached hydrogens (tertiary/aromatic N) is 2. The standard InChI is InChI=1S/C29H55N3O5Si2/c1-18(2)38(19(3)4)33-17-24-25(36-39(37-38,20(5)6)21(7)8)15-23(31-24)22-16-30-27(35-29(12,13)14)32-26(22)34-28(9,10)11/h16,18-21,23-25,31H,15,17H2,1-14H3/t23-,24-,25-/m0/s1. The molecular weight excluding hydrogens is 527 g/mol. The highest BCUT2D eigenvalue weighted by molar-refractivity contribution is 6.83. The van der Waals surface area contributed by atoms with Gasteiger partial charge in [-0.1, -0.05) is 55.4 Å². The largest absolute Gasteiger partial charge is 0.472 e. The normalized spacial score (nSPS) is 25.6. The van der Waals surface area contributed by atoms with Gasteiger partial charge in [0, 0.05) is 17.8 Å². The molecule has 39 heavy (non-hydrogen) atoms. The zero-order valence-corrected chi connectivity index (χ0v) is 29.0. The van der Waals surface area contributed by atoms with Crippen molar-refractivity contribution in [2.24, 2.45) is 0 Å². The Kier molecular flexibility index (Phi) is 9.72. The number of nitrogens with one attached hydrogen (secondary N) is 1. The summed E-state index contributed by atoms with van der Waals surface area (Å²) in [6.07, 6.45) is 2.58. The lowest BCUT2D eigenvalue weighted by atomic mass is 10.1. The molecule has 0 amide bonds. The van der Waals surface area contributed by atoms with Gasteiger partial charge in [-0.15, -0.1) is 0 Å². The van der Waals surface area contributed by atoms with E-state index >= 15 is 0 Å². The predicted octanol–water partition coefficient (Wildman–Crippen LogP) is 7.19. The number of ether oxygens (including phenoxy) is 2. The Hall–Kier alpha value is -1.05. The third kappa shape index (κ3) is 7.24. The lowest BCUT2D eigenvalue weighted by Gasteiger charge is -2.51. The van der Waals surface area contributed by atoms with Gasteiger partial charge in [0.05, 0.1) is 18.8 Å². The van der Waals surface area contributed by atoms with E-state index in [1.807, 2.05) is 47.7 Å². The quantitative estimate of drug-likeness (QED) is 0.339. The molecule has 1 aromatic heterocycles. The van der Waals surface area contributed by atoms with Crippen molar-refractivity contribution in [3.05, 3.63) is 11.8 Å². The van der Waals surface area contributed by atoms with Gasteiger partial charge in [-0.05, 0) is 70.1 Å². The first kappa shape index (κ1) is 32.5. The molecule has 0 spiro atoms. The van der Waals surface area contributed by atoms with E-state index in [0.717, 1.165) is 12.0 Å². The number of hydrogen-bond acceptors (Lipinski definition) is 8. The van der Waals surface area contributed by atoms with E-state index in [0.29, 0.717) is 40.7 Å². The molecule has 0 aliphatic carbocycles. The number of fused-ring (bicyclic) bond motifs is 1. The van der Waals surface area contributed by atoms with Crippen LogP contribution in [0.4, 0.5) is 0 Å². The molecule has 8 nitrogen and oxygen atoms in total. The smallest absolute Gasteiger partial charge is 0.335 e. The van der Waals surface area contributed by atoms with Crippen LogP contribution in [0.3, 0.4) is 0 Å². The van der Waals surface area contributed by atoms with Crippen LogP contribution in [0, 0.1) is 0 Å². The summed E-state index contributed by atoms with van der Waals surface area (Å²) >= 11 is 0. The molecule has 1 N–H and O–H groups in total. The molecule has 0 unspecified atom stereocenters. The van der Waals surface area contributed by atoms with Crippen molar-refractivity contribution >= 4 is 17.1 Å². The van der Waals surface area contributed by atoms with Crippen LogP contribution in [0.5, 0.6) is 11.9 Å². The summed E-state index contributed by atoms with van der Waals surface area (Å²) in [5.74, 6) is 0.546. The van der Waals surface area contributed by atoms with Gasteiger partial charge in [0.25, 0.3) is 0 Å². The van der Waals surface area contributed by atoms with Crippen molar-refractivity contribution in [1.82, 2.24) is 15.3 Å². The summed E-state index contributed by atoms with van der Waals surface area (Å²) in [5.41, 5.74) is 1.30. The Bertz CT molecular complexity index is 959. The third-order valence-electron chi connectivity index (χ3n) is 7.63. The van der Waals surface area contributed by atoms with Crippen LogP contribution in [-0.2, 0) is 13.0 Å². The monoisotopic (exact) mass is 581 g/mol. The van der Waals surface area contributed by atoms with Crippen molar-refractivity contribution < 1.29 is 22.4 Å². The molecule has 3 heterocycles. The average Bonchev–Trinajstić information content (AvgIpc) is 3.12. The van der Waals surface area contributed by atoms with E-state index in [9.17, 15) is 0 Å². The summed E-state index contributed by atoms with van der Waals surface area (Å²) < 4.78 is 33.9. The van der Waals surface area contributed by atoms with Crippen LogP contribution >= 0.6 is 0 Å². The zero-order chi connectivity index (χ0) is 29.6. The fourth-order valence-electron chi connectivity index (χ4n) is 5.80. The predicted molar refractivity (Wildman–Crippen MR) is 161 cm³/mol. The van der Waals surface area contributed by atoms with Gasteiger partial charge in [0.1, 0.15) is 11.2 Å². The van der Waals surface area contributed by atoms with Crippen molar-refractivity contribution in [2.75, 3.05) is 6.61 Å². The molecule has 10 heteroatoms. The van der Waals surface area contributed by atoms with Gasteiger partial charge < -0.3 is 27.8 Å². The van der Waals surface area contributed by atoms with Gasteiger partial charge in [-0.3, -0.25) is 0 Å². The fraction of sp³-hybridized carbons (Fsp3) is 0.862. The first-order chi connectivity index (χ1) is 17.8. The van der Waals surface area contributed by atoms with Gasteiger partial charge in [0.15, 0.2) is 0 Å². The molecule has 2 aliphatic heterocycles. The van der Waals surface area contributed by atoms with E-state index in [1.165, 1.54) is 0 Å².